The fourth-order valence-electron chi connectivity index (χ4n) is 2.88. The van der Waals surface area contributed by atoms with Crippen LogP contribution in [-0.4, -0.2) is 0 Å². The summed E-state index contributed by atoms with van der Waals surface area (Å²) < 4.78 is 6.04. The number of rotatable bonds is 1. The van der Waals surface area contributed by atoms with Gasteiger partial charge >= 0.3 is 0 Å². The molecule has 4 rings (SSSR count). The molecule has 0 N–H and O–H groups in total. The van der Waals surface area contributed by atoms with Gasteiger partial charge in [0.25, 0.3) is 0 Å². The fraction of sp³-hybridized carbons (Fsp3) is 0.0526. The van der Waals surface area contributed by atoms with E-state index in [2.05, 4.69) is 18.2 Å². The normalized spacial score (nSPS) is 16.0. The predicted molar refractivity (Wildman–Crippen MR) is 86.4 cm³/mol. The first-order chi connectivity index (χ1) is 10.3. The topological polar surface area (TPSA) is 9.23 Å². The molecule has 2 aromatic rings. The van der Waals surface area contributed by atoms with Crippen LogP contribution in [0.15, 0.2) is 78.1 Å². The van der Waals surface area contributed by atoms with Gasteiger partial charge in [0, 0.05) is 16.2 Å². The highest BCUT2D eigenvalue weighted by atomic mass is 35.5. The van der Waals surface area contributed by atoms with Crippen LogP contribution in [0.3, 0.4) is 0 Å². The summed E-state index contributed by atoms with van der Waals surface area (Å²) in [5.41, 5.74) is 4.70. The molecule has 0 saturated carbocycles. The lowest BCUT2D eigenvalue weighted by molar-refractivity contribution is 0.426. The van der Waals surface area contributed by atoms with Crippen molar-refractivity contribution in [2.45, 2.75) is 6.42 Å². The quantitative estimate of drug-likeness (QED) is 0.686. The first-order valence-corrected chi connectivity index (χ1v) is 7.34. The lowest BCUT2D eigenvalue weighted by Crippen LogP contribution is -2.11. The van der Waals surface area contributed by atoms with Crippen LogP contribution in [-0.2, 0) is 0 Å². The second kappa shape index (κ2) is 4.94. The van der Waals surface area contributed by atoms with Gasteiger partial charge in [-0.2, -0.15) is 0 Å². The highest BCUT2D eigenvalue weighted by Gasteiger charge is 2.25. The van der Waals surface area contributed by atoms with Crippen molar-refractivity contribution < 1.29 is 4.74 Å². The zero-order valence-corrected chi connectivity index (χ0v) is 12.1. The lowest BCUT2D eigenvalue weighted by atomic mass is 9.87. The van der Waals surface area contributed by atoms with Crippen LogP contribution >= 0.6 is 11.6 Å². The van der Waals surface area contributed by atoms with Crippen molar-refractivity contribution in [2.24, 2.45) is 0 Å². The van der Waals surface area contributed by atoms with Gasteiger partial charge in [-0.15, -0.1) is 0 Å². The molecule has 0 fully saturated rings. The molecule has 1 nitrogen and oxygen atoms in total. The number of hydrogen-bond donors (Lipinski definition) is 0. The summed E-state index contributed by atoms with van der Waals surface area (Å²) in [6.45, 7) is 0. The summed E-state index contributed by atoms with van der Waals surface area (Å²) in [5, 5.41) is 0.751. The standard InChI is InChI=1S/C19H13ClO/c20-14-7-5-6-13(12-14)19-15-8-1-3-10-17(15)21-18-11-4-2-9-16(18)19/h1-8,10-12H,9H2. The maximum Gasteiger partial charge on any atom is 0.135 e. The molecule has 0 amide bonds. The summed E-state index contributed by atoms with van der Waals surface area (Å²) >= 11 is 6.18. The number of ether oxygens (including phenoxy) is 1. The summed E-state index contributed by atoms with van der Waals surface area (Å²) in [6, 6.07) is 16.2. The molecule has 0 radical (unpaired) electrons. The molecule has 102 valence electrons. The molecule has 2 aliphatic rings. The summed E-state index contributed by atoms with van der Waals surface area (Å²) in [4.78, 5) is 0. The molecular formula is C19H13ClO. The summed E-state index contributed by atoms with van der Waals surface area (Å²) in [6.07, 6.45) is 7.10. The van der Waals surface area contributed by atoms with Crippen molar-refractivity contribution in [1.82, 2.24) is 0 Å². The van der Waals surface area contributed by atoms with Gasteiger partial charge < -0.3 is 4.74 Å². The number of halogens is 1. The zero-order chi connectivity index (χ0) is 14.2. The molecule has 0 aromatic heterocycles. The van der Waals surface area contributed by atoms with Crippen LogP contribution in [0, 0.1) is 0 Å². The molecule has 0 saturated heterocycles. The maximum atomic E-state index is 6.18. The summed E-state index contributed by atoms with van der Waals surface area (Å²) in [7, 11) is 0. The smallest absolute Gasteiger partial charge is 0.135 e. The van der Waals surface area contributed by atoms with Gasteiger partial charge in [-0.25, -0.2) is 0 Å². The molecule has 0 spiro atoms. The van der Waals surface area contributed by atoms with E-state index in [-0.39, 0.29) is 0 Å². The molecule has 21 heavy (non-hydrogen) atoms. The van der Waals surface area contributed by atoms with Crippen molar-refractivity contribution in [1.29, 1.82) is 0 Å². The van der Waals surface area contributed by atoms with Gasteiger partial charge in [0.15, 0.2) is 0 Å². The van der Waals surface area contributed by atoms with Gasteiger partial charge in [-0.3, -0.25) is 0 Å². The van der Waals surface area contributed by atoms with E-state index in [1.807, 2.05) is 48.6 Å². The van der Waals surface area contributed by atoms with E-state index in [9.17, 15) is 0 Å². The second-order valence-corrected chi connectivity index (χ2v) is 5.56. The third kappa shape index (κ3) is 2.10. The van der Waals surface area contributed by atoms with Crippen molar-refractivity contribution in [2.75, 3.05) is 0 Å². The average molecular weight is 293 g/mol. The SMILES string of the molecule is Clc1cccc(C2=C3CC=CC=C3Oc3ccccc32)c1. The van der Waals surface area contributed by atoms with E-state index in [4.69, 9.17) is 16.3 Å². The van der Waals surface area contributed by atoms with Gasteiger partial charge in [-0.05, 0) is 41.8 Å². The van der Waals surface area contributed by atoms with Crippen LogP contribution in [0.4, 0.5) is 0 Å². The average Bonchev–Trinajstić information content (AvgIpc) is 2.52. The van der Waals surface area contributed by atoms with Gasteiger partial charge in [0.05, 0.1) is 0 Å². The van der Waals surface area contributed by atoms with Crippen molar-refractivity contribution in [3.63, 3.8) is 0 Å². The summed E-state index contributed by atoms with van der Waals surface area (Å²) in [5.74, 6) is 1.84. The first kappa shape index (κ1) is 12.5. The first-order valence-electron chi connectivity index (χ1n) is 6.96. The molecule has 0 atom stereocenters. The Balaban J connectivity index is 2.01. The number of benzene rings is 2. The Morgan fingerprint density at radius 3 is 2.81 bits per heavy atom. The van der Waals surface area contributed by atoms with E-state index >= 15 is 0 Å². The minimum atomic E-state index is 0.751. The van der Waals surface area contributed by atoms with Crippen LogP contribution < -0.4 is 4.74 Å². The number of allylic oxidation sites excluding steroid dienone is 4. The third-order valence-corrected chi connectivity index (χ3v) is 4.03. The van der Waals surface area contributed by atoms with Gasteiger partial charge in [0.1, 0.15) is 11.5 Å². The van der Waals surface area contributed by atoms with Crippen molar-refractivity contribution in [3.8, 4) is 5.75 Å². The molecule has 2 heteroatoms. The minimum Gasteiger partial charge on any atom is -0.456 e. The zero-order valence-electron chi connectivity index (χ0n) is 11.3. The maximum absolute atomic E-state index is 6.18. The van der Waals surface area contributed by atoms with E-state index in [0.717, 1.165) is 34.1 Å². The molecule has 1 aliphatic carbocycles. The van der Waals surface area contributed by atoms with Crippen LogP contribution in [0.5, 0.6) is 5.75 Å². The molecule has 0 unspecified atom stereocenters. The number of hydrogen-bond acceptors (Lipinski definition) is 1. The molecule has 0 bridgehead atoms. The molecule has 1 heterocycles. The lowest BCUT2D eigenvalue weighted by Gasteiger charge is -2.27. The van der Waals surface area contributed by atoms with E-state index in [1.165, 1.54) is 11.1 Å². The minimum absolute atomic E-state index is 0.751. The van der Waals surface area contributed by atoms with E-state index in [0.29, 0.717) is 0 Å². The largest absolute Gasteiger partial charge is 0.456 e. The van der Waals surface area contributed by atoms with Crippen LogP contribution in [0.1, 0.15) is 17.5 Å². The van der Waals surface area contributed by atoms with E-state index < -0.39 is 0 Å². The Kier molecular flexibility index (Phi) is 2.94. The fourth-order valence-corrected chi connectivity index (χ4v) is 3.07. The Bertz CT molecular complexity index is 812. The number of para-hydroxylation sites is 1. The van der Waals surface area contributed by atoms with Gasteiger partial charge in [0.2, 0.25) is 0 Å². The van der Waals surface area contributed by atoms with Crippen LogP contribution in [0.2, 0.25) is 5.02 Å². The Morgan fingerprint density at radius 1 is 1.00 bits per heavy atom. The Morgan fingerprint density at radius 2 is 1.90 bits per heavy atom. The Hall–Kier alpha value is -2.25. The highest BCUT2D eigenvalue weighted by Crippen LogP contribution is 2.43. The molecule has 2 aromatic carbocycles. The Labute approximate surface area is 128 Å². The van der Waals surface area contributed by atoms with Gasteiger partial charge in [-0.1, -0.05) is 54.1 Å². The van der Waals surface area contributed by atoms with Crippen LogP contribution in [0.25, 0.3) is 5.57 Å². The number of fused-ring (bicyclic) bond motifs is 2. The highest BCUT2D eigenvalue weighted by molar-refractivity contribution is 6.30. The molecular weight excluding hydrogens is 280 g/mol. The molecule has 1 aliphatic heterocycles. The predicted octanol–water partition coefficient (Wildman–Crippen LogP) is 5.38. The third-order valence-electron chi connectivity index (χ3n) is 3.79. The van der Waals surface area contributed by atoms with Crippen molar-refractivity contribution >= 4 is 17.2 Å². The second-order valence-electron chi connectivity index (χ2n) is 5.13. The monoisotopic (exact) mass is 292 g/mol. The van der Waals surface area contributed by atoms with E-state index in [1.54, 1.807) is 0 Å². The van der Waals surface area contributed by atoms with Crippen molar-refractivity contribution in [3.05, 3.63) is 94.2 Å².